The van der Waals surface area contributed by atoms with Crippen molar-refractivity contribution in [3.63, 3.8) is 0 Å². The lowest BCUT2D eigenvalue weighted by Gasteiger charge is -2.30. The van der Waals surface area contributed by atoms with Gasteiger partial charge in [0.2, 0.25) is 0 Å². The van der Waals surface area contributed by atoms with E-state index in [1.807, 2.05) is 32.9 Å². The molecule has 0 radical (unpaired) electrons. The lowest BCUT2D eigenvalue weighted by molar-refractivity contribution is -0.146. The minimum absolute atomic E-state index is 0.0446. The number of ether oxygens (including phenoxy) is 1. The quantitative estimate of drug-likeness (QED) is 0.927. The molecular weight excluding hydrogens is 282 g/mol. The molecule has 2 rings (SSSR count). The monoisotopic (exact) mass is 305 g/mol. The van der Waals surface area contributed by atoms with Gasteiger partial charge in [-0.2, -0.15) is 0 Å². The van der Waals surface area contributed by atoms with Gasteiger partial charge < -0.3 is 14.7 Å². The first-order valence-electron chi connectivity index (χ1n) is 7.59. The number of aliphatic carboxylic acids is 1. The second kappa shape index (κ2) is 6.81. The van der Waals surface area contributed by atoms with Crippen LogP contribution < -0.4 is 4.74 Å². The van der Waals surface area contributed by atoms with Gasteiger partial charge in [-0.05, 0) is 44.7 Å². The molecule has 5 heteroatoms. The van der Waals surface area contributed by atoms with Crippen LogP contribution in [0.5, 0.6) is 5.75 Å². The molecular formula is C17H23NO4. The summed E-state index contributed by atoms with van der Waals surface area (Å²) >= 11 is 0. The van der Waals surface area contributed by atoms with Crippen molar-refractivity contribution < 1.29 is 19.4 Å². The smallest absolute Gasteiger partial charge is 0.308 e. The molecule has 0 spiro atoms. The fraction of sp³-hybridized carbons (Fsp3) is 0.529. The number of carbonyl (C=O) groups is 2. The summed E-state index contributed by atoms with van der Waals surface area (Å²) in [6.07, 6.45) is 1.36. The maximum absolute atomic E-state index is 12.2. The van der Waals surface area contributed by atoms with Crippen LogP contribution in [0.15, 0.2) is 12.1 Å². The number of rotatable bonds is 4. The van der Waals surface area contributed by atoms with Crippen LogP contribution in [-0.2, 0) is 9.59 Å². The van der Waals surface area contributed by atoms with Crippen LogP contribution >= 0.6 is 0 Å². The SMILES string of the molecule is Cc1cc(C)c(OCC(=O)N2CCCC(C(=O)O)C2)c(C)c1. The van der Waals surface area contributed by atoms with Gasteiger partial charge in [0, 0.05) is 13.1 Å². The van der Waals surface area contributed by atoms with Gasteiger partial charge in [-0.25, -0.2) is 0 Å². The number of hydrogen-bond donors (Lipinski definition) is 1. The van der Waals surface area contributed by atoms with Crippen molar-refractivity contribution in [2.45, 2.75) is 33.6 Å². The Morgan fingerprint density at radius 2 is 1.91 bits per heavy atom. The molecule has 1 amide bonds. The van der Waals surface area contributed by atoms with Crippen LogP contribution in [0.4, 0.5) is 0 Å². The van der Waals surface area contributed by atoms with Gasteiger partial charge in [0.1, 0.15) is 5.75 Å². The number of aryl methyl sites for hydroxylation is 3. The van der Waals surface area contributed by atoms with Crippen LogP contribution in [0.1, 0.15) is 29.5 Å². The number of carboxylic acid groups (broad SMARTS) is 1. The van der Waals surface area contributed by atoms with Gasteiger partial charge in [0.05, 0.1) is 5.92 Å². The Hall–Kier alpha value is -2.04. The number of likely N-dealkylation sites (tertiary alicyclic amines) is 1. The molecule has 5 nitrogen and oxygen atoms in total. The number of benzene rings is 1. The molecule has 1 atom stereocenters. The zero-order valence-electron chi connectivity index (χ0n) is 13.4. The van der Waals surface area contributed by atoms with E-state index in [1.54, 1.807) is 4.90 Å². The first-order chi connectivity index (χ1) is 10.4. The third-order valence-corrected chi connectivity index (χ3v) is 4.07. The van der Waals surface area contributed by atoms with Crippen LogP contribution in [0.25, 0.3) is 0 Å². The van der Waals surface area contributed by atoms with E-state index >= 15 is 0 Å². The Kier molecular flexibility index (Phi) is 5.06. The topological polar surface area (TPSA) is 66.8 Å². The highest BCUT2D eigenvalue weighted by molar-refractivity contribution is 5.79. The molecule has 22 heavy (non-hydrogen) atoms. The summed E-state index contributed by atoms with van der Waals surface area (Å²) in [6, 6.07) is 4.04. The first kappa shape index (κ1) is 16.3. The highest BCUT2D eigenvalue weighted by Gasteiger charge is 2.28. The van der Waals surface area contributed by atoms with E-state index in [-0.39, 0.29) is 19.1 Å². The molecule has 1 aliphatic heterocycles. The van der Waals surface area contributed by atoms with Crippen molar-refractivity contribution in [2.24, 2.45) is 5.92 Å². The van der Waals surface area contributed by atoms with Gasteiger partial charge in [-0.15, -0.1) is 0 Å². The summed E-state index contributed by atoms with van der Waals surface area (Å²) in [5.41, 5.74) is 3.17. The largest absolute Gasteiger partial charge is 0.483 e. The van der Waals surface area contributed by atoms with E-state index in [0.29, 0.717) is 13.0 Å². The number of hydrogen-bond acceptors (Lipinski definition) is 3. The van der Waals surface area contributed by atoms with Crippen molar-refractivity contribution in [3.05, 3.63) is 28.8 Å². The predicted octanol–water partition coefficient (Wildman–Crippen LogP) is 2.31. The molecule has 1 N–H and O–H groups in total. The van der Waals surface area contributed by atoms with Crippen LogP contribution in [-0.4, -0.2) is 41.6 Å². The molecule has 1 heterocycles. The lowest BCUT2D eigenvalue weighted by atomic mass is 9.98. The molecule has 1 aromatic carbocycles. The highest BCUT2D eigenvalue weighted by atomic mass is 16.5. The second-order valence-corrected chi connectivity index (χ2v) is 6.03. The minimum atomic E-state index is -0.830. The van der Waals surface area contributed by atoms with E-state index in [1.165, 1.54) is 0 Å². The Morgan fingerprint density at radius 1 is 1.27 bits per heavy atom. The first-order valence-corrected chi connectivity index (χ1v) is 7.59. The van der Waals surface area contributed by atoms with Gasteiger partial charge >= 0.3 is 5.97 Å². The number of amides is 1. The van der Waals surface area contributed by atoms with Crippen LogP contribution in [0.2, 0.25) is 0 Å². The molecule has 0 aliphatic carbocycles. The Labute approximate surface area is 130 Å². The molecule has 1 unspecified atom stereocenters. The van der Waals surface area contributed by atoms with Gasteiger partial charge in [0.25, 0.3) is 5.91 Å². The van der Waals surface area contributed by atoms with Crippen LogP contribution in [0, 0.1) is 26.7 Å². The lowest BCUT2D eigenvalue weighted by Crippen LogP contribution is -2.44. The van der Waals surface area contributed by atoms with Gasteiger partial charge in [-0.3, -0.25) is 9.59 Å². The third kappa shape index (κ3) is 3.78. The van der Waals surface area contributed by atoms with Crippen molar-refractivity contribution in [1.29, 1.82) is 0 Å². The van der Waals surface area contributed by atoms with E-state index in [4.69, 9.17) is 9.84 Å². The summed E-state index contributed by atoms with van der Waals surface area (Å²) in [7, 11) is 0. The average Bonchev–Trinajstić information content (AvgIpc) is 2.46. The maximum atomic E-state index is 12.2. The van der Waals surface area contributed by atoms with Crippen molar-refractivity contribution in [1.82, 2.24) is 4.90 Å². The minimum Gasteiger partial charge on any atom is -0.483 e. The summed E-state index contributed by atoms with van der Waals surface area (Å²) in [5, 5.41) is 9.08. The number of piperidine rings is 1. The van der Waals surface area contributed by atoms with E-state index < -0.39 is 11.9 Å². The molecule has 1 saturated heterocycles. The average molecular weight is 305 g/mol. The summed E-state index contributed by atoms with van der Waals surface area (Å²) in [4.78, 5) is 24.9. The summed E-state index contributed by atoms with van der Waals surface area (Å²) in [5.74, 6) is -0.694. The Morgan fingerprint density at radius 3 is 2.50 bits per heavy atom. The fourth-order valence-electron chi connectivity index (χ4n) is 3.02. The molecule has 1 fully saturated rings. The normalized spacial score (nSPS) is 18.1. The van der Waals surface area contributed by atoms with Crippen molar-refractivity contribution in [3.8, 4) is 5.75 Å². The van der Waals surface area contributed by atoms with Crippen molar-refractivity contribution >= 4 is 11.9 Å². The highest BCUT2D eigenvalue weighted by Crippen LogP contribution is 2.25. The van der Waals surface area contributed by atoms with Gasteiger partial charge in [-0.1, -0.05) is 17.7 Å². The predicted molar refractivity (Wildman–Crippen MR) is 83.1 cm³/mol. The number of nitrogens with zero attached hydrogens (tertiary/aromatic N) is 1. The molecule has 1 aliphatic rings. The van der Waals surface area contributed by atoms with Crippen LogP contribution in [0.3, 0.4) is 0 Å². The fourth-order valence-corrected chi connectivity index (χ4v) is 3.02. The third-order valence-electron chi connectivity index (χ3n) is 4.07. The summed E-state index contributed by atoms with van der Waals surface area (Å²) < 4.78 is 5.69. The zero-order valence-corrected chi connectivity index (χ0v) is 13.4. The van der Waals surface area contributed by atoms with Crippen molar-refractivity contribution in [2.75, 3.05) is 19.7 Å². The van der Waals surface area contributed by atoms with E-state index in [0.717, 1.165) is 28.9 Å². The second-order valence-electron chi connectivity index (χ2n) is 6.03. The zero-order chi connectivity index (χ0) is 16.3. The molecule has 1 aromatic rings. The molecule has 120 valence electrons. The van der Waals surface area contributed by atoms with Gasteiger partial charge in [0.15, 0.2) is 6.61 Å². The summed E-state index contributed by atoms with van der Waals surface area (Å²) in [6.45, 7) is 6.79. The molecule has 0 saturated carbocycles. The standard InChI is InChI=1S/C17H23NO4/c1-11-7-12(2)16(13(3)8-11)22-10-15(19)18-6-4-5-14(9-18)17(20)21/h7-8,14H,4-6,9-10H2,1-3H3,(H,20,21). The Bertz CT molecular complexity index is 559. The van der Waals surface area contributed by atoms with E-state index in [2.05, 4.69) is 0 Å². The maximum Gasteiger partial charge on any atom is 0.308 e. The Balaban J connectivity index is 1.97. The number of carbonyl (C=O) groups excluding carboxylic acids is 1. The molecule has 0 aromatic heterocycles. The number of carboxylic acids is 1. The molecule has 0 bridgehead atoms. The van der Waals surface area contributed by atoms with E-state index in [9.17, 15) is 9.59 Å².